The van der Waals surface area contributed by atoms with E-state index in [0.29, 0.717) is 25.7 Å². The molecule has 0 saturated carbocycles. The first-order chi connectivity index (χ1) is 8.66. The van der Waals surface area contributed by atoms with E-state index < -0.39 is 7.60 Å². The minimum atomic E-state index is -3.02. The van der Waals surface area contributed by atoms with Crippen LogP contribution in [0, 0.1) is 0 Å². The molecule has 1 heterocycles. The van der Waals surface area contributed by atoms with E-state index in [1.807, 2.05) is 27.7 Å². The van der Waals surface area contributed by atoms with Gasteiger partial charge in [0.15, 0.2) is 0 Å². The summed E-state index contributed by atoms with van der Waals surface area (Å²) in [6.07, 6.45) is 0.815. The molecule has 1 rings (SSSR count). The van der Waals surface area contributed by atoms with Crippen LogP contribution in [-0.4, -0.2) is 37.7 Å². The van der Waals surface area contributed by atoms with Crippen molar-refractivity contribution in [3.8, 4) is 0 Å². The van der Waals surface area contributed by atoms with Crippen molar-refractivity contribution in [2.45, 2.75) is 59.1 Å². The van der Waals surface area contributed by atoms with Crippen molar-refractivity contribution in [1.29, 1.82) is 0 Å². The van der Waals surface area contributed by atoms with Crippen LogP contribution in [0.1, 0.15) is 41.5 Å². The first kappa shape index (κ1) is 17.2. The summed E-state index contributed by atoms with van der Waals surface area (Å²) in [4.78, 5) is 0. The van der Waals surface area contributed by atoms with Crippen molar-refractivity contribution in [3.05, 3.63) is 0 Å². The maximum atomic E-state index is 12.3. The monoisotopic (exact) mass is 292 g/mol. The van der Waals surface area contributed by atoms with Gasteiger partial charge in [-0.3, -0.25) is 4.57 Å². The van der Waals surface area contributed by atoms with Crippen molar-refractivity contribution in [2.24, 2.45) is 0 Å². The second-order valence-corrected chi connectivity index (χ2v) is 7.83. The SMILES string of the molecule is CCOP(=O)(CCB1OC(C)(C)C(C)(C)O1)OCC. The molecule has 19 heavy (non-hydrogen) atoms. The lowest BCUT2D eigenvalue weighted by Crippen LogP contribution is -2.41. The third kappa shape index (κ3) is 4.30. The molecule has 7 heteroatoms. The van der Waals surface area contributed by atoms with Crippen LogP contribution in [0.15, 0.2) is 0 Å². The lowest BCUT2D eigenvalue weighted by molar-refractivity contribution is 0.00578. The average Bonchev–Trinajstić information content (AvgIpc) is 2.46. The van der Waals surface area contributed by atoms with Crippen LogP contribution in [0.25, 0.3) is 0 Å². The van der Waals surface area contributed by atoms with E-state index in [9.17, 15) is 4.57 Å². The van der Waals surface area contributed by atoms with E-state index in [1.54, 1.807) is 13.8 Å². The predicted molar refractivity (Wildman–Crippen MR) is 76.6 cm³/mol. The molecular weight excluding hydrogens is 266 g/mol. The first-order valence-electron chi connectivity index (χ1n) is 6.89. The van der Waals surface area contributed by atoms with E-state index in [1.165, 1.54) is 0 Å². The number of rotatable bonds is 7. The van der Waals surface area contributed by atoms with E-state index in [4.69, 9.17) is 18.4 Å². The van der Waals surface area contributed by atoms with Gasteiger partial charge in [0.1, 0.15) is 0 Å². The van der Waals surface area contributed by atoms with Gasteiger partial charge in [-0.2, -0.15) is 0 Å². The summed E-state index contributed by atoms with van der Waals surface area (Å²) < 4.78 is 34.6. The molecule has 1 saturated heterocycles. The first-order valence-corrected chi connectivity index (χ1v) is 8.62. The van der Waals surface area contributed by atoms with Gasteiger partial charge in [-0.1, -0.05) is 0 Å². The number of hydrogen-bond donors (Lipinski definition) is 0. The van der Waals surface area contributed by atoms with Gasteiger partial charge in [-0.15, -0.1) is 0 Å². The van der Waals surface area contributed by atoms with Gasteiger partial charge in [0.2, 0.25) is 0 Å². The summed E-state index contributed by atoms with van der Waals surface area (Å²) in [5, 5.41) is 0. The minimum Gasteiger partial charge on any atom is -0.403 e. The predicted octanol–water partition coefficient (Wildman–Crippen LogP) is 3.34. The van der Waals surface area contributed by atoms with Gasteiger partial charge in [0, 0.05) is 6.16 Å². The number of hydrogen-bond acceptors (Lipinski definition) is 5. The molecule has 0 radical (unpaired) electrons. The quantitative estimate of drug-likeness (QED) is 0.532. The molecule has 0 unspecified atom stereocenters. The maximum Gasteiger partial charge on any atom is 0.458 e. The van der Waals surface area contributed by atoms with Crippen molar-refractivity contribution in [2.75, 3.05) is 19.4 Å². The largest absolute Gasteiger partial charge is 0.458 e. The minimum absolute atomic E-state index is 0.311. The molecule has 0 bridgehead atoms. The highest BCUT2D eigenvalue weighted by molar-refractivity contribution is 7.54. The normalized spacial score (nSPS) is 21.9. The van der Waals surface area contributed by atoms with Crippen molar-refractivity contribution >= 4 is 14.7 Å². The fourth-order valence-electron chi connectivity index (χ4n) is 1.91. The zero-order chi connectivity index (χ0) is 14.7. The van der Waals surface area contributed by atoms with Crippen LogP contribution in [0.4, 0.5) is 0 Å². The van der Waals surface area contributed by atoms with Crippen molar-refractivity contribution < 1.29 is 22.9 Å². The summed E-state index contributed by atoms with van der Waals surface area (Å²) in [7, 11) is -3.38. The Bertz CT molecular complexity index is 319. The highest BCUT2D eigenvalue weighted by atomic mass is 31.2. The molecule has 1 aliphatic heterocycles. The van der Waals surface area contributed by atoms with Crippen LogP contribution in [-0.2, 0) is 22.9 Å². The molecule has 0 aromatic rings. The Hall–Kier alpha value is 0.135. The standard InChI is InChI=1S/C12H26BO5P/c1-7-15-19(14,16-8-2)10-9-13-17-11(3,4)12(5,6)18-13/h7-10H2,1-6H3. The molecule has 1 fully saturated rings. The zero-order valence-electron chi connectivity index (χ0n) is 12.9. The Kier molecular flexibility index (Phi) is 5.67. The van der Waals surface area contributed by atoms with E-state index in [-0.39, 0.29) is 18.3 Å². The van der Waals surface area contributed by atoms with Gasteiger partial charge in [0.05, 0.1) is 24.4 Å². The lowest BCUT2D eigenvalue weighted by atomic mass is 9.86. The molecule has 1 aliphatic rings. The maximum absolute atomic E-state index is 12.3. The second kappa shape index (κ2) is 6.27. The molecule has 0 aliphatic carbocycles. The molecule has 0 aromatic heterocycles. The van der Waals surface area contributed by atoms with E-state index in [2.05, 4.69) is 0 Å². The van der Waals surface area contributed by atoms with Crippen LogP contribution in [0.2, 0.25) is 6.32 Å². The summed E-state index contributed by atoms with van der Waals surface area (Å²) in [6, 6.07) is 0. The van der Waals surface area contributed by atoms with Crippen LogP contribution >= 0.6 is 7.60 Å². The van der Waals surface area contributed by atoms with E-state index >= 15 is 0 Å². The van der Waals surface area contributed by atoms with Crippen LogP contribution < -0.4 is 0 Å². The van der Waals surface area contributed by atoms with Gasteiger partial charge >= 0.3 is 14.7 Å². The van der Waals surface area contributed by atoms with Gasteiger partial charge in [-0.25, -0.2) is 0 Å². The summed E-state index contributed by atoms with van der Waals surface area (Å²) in [6.45, 7) is 12.4. The van der Waals surface area contributed by atoms with Gasteiger partial charge in [-0.05, 0) is 47.9 Å². The molecule has 0 amide bonds. The topological polar surface area (TPSA) is 54.0 Å². The summed E-state index contributed by atoms with van der Waals surface area (Å²) in [5.74, 6) is 0. The smallest absolute Gasteiger partial charge is 0.403 e. The average molecular weight is 292 g/mol. The van der Waals surface area contributed by atoms with Gasteiger partial charge in [0.25, 0.3) is 0 Å². The highest BCUT2D eigenvalue weighted by Gasteiger charge is 2.51. The third-order valence-corrected chi connectivity index (χ3v) is 5.70. The Morgan fingerprint density at radius 3 is 1.79 bits per heavy atom. The Morgan fingerprint density at radius 2 is 1.42 bits per heavy atom. The van der Waals surface area contributed by atoms with Crippen LogP contribution in [0.3, 0.4) is 0 Å². The molecule has 5 nitrogen and oxygen atoms in total. The molecule has 0 aromatic carbocycles. The Labute approximate surface area is 117 Å². The van der Waals surface area contributed by atoms with E-state index in [0.717, 1.165) is 0 Å². The Morgan fingerprint density at radius 1 is 1.00 bits per heavy atom. The molecule has 0 atom stereocenters. The molecule has 0 spiro atoms. The fraction of sp³-hybridized carbons (Fsp3) is 1.00. The fourth-order valence-corrected chi connectivity index (χ4v) is 3.55. The molecular formula is C12H26BO5P. The second-order valence-electron chi connectivity index (χ2n) is 5.64. The molecule has 0 N–H and O–H groups in total. The third-order valence-electron chi connectivity index (χ3n) is 3.59. The summed E-state index contributed by atoms with van der Waals surface area (Å²) in [5.41, 5.74) is -0.724. The zero-order valence-corrected chi connectivity index (χ0v) is 13.8. The van der Waals surface area contributed by atoms with Crippen molar-refractivity contribution in [1.82, 2.24) is 0 Å². The molecule has 112 valence electrons. The Balaban J connectivity index is 2.56. The summed E-state index contributed by atoms with van der Waals surface area (Å²) >= 11 is 0. The van der Waals surface area contributed by atoms with Crippen molar-refractivity contribution in [3.63, 3.8) is 0 Å². The van der Waals surface area contributed by atoms with Gasteiger partial charge < -0.3 is 18.4 Å². The lowest BCUT2D eigenvalue weighted by Gasteiger charge is -2.32. The van der Waals surface area contributed by atoms with Crippen LogP contribution in [0.5, 0.6) is 0 Å². The highest BCUT2D eigenvalue weighted by Crippen LogP contribution is 2.50.